The van der Waals surface area contributed by atoms with Gasteiger partial charge >= 0.3 is 0 Å². The topological polar surface area (TPSA) is 102 Å². The highest BCUT2D eigenvalue weighted by molar-refractivity contribution is 5.97. The van der Waals surface area contributed by atoms with Gasteiger partial charge in [-0.25, -0.2) is 4.68 Å². The number of halogens is 1. The Morgan fingerprint density at radius 2 is 1.91 bits per heavy atom. The summed E-state index contributed by atoms with van der Waals surface area (Å²) < 4.78 is 1.38. The number of para-hydroxylation sites is 1. The van der Waals surface area contributed by atoms with E-state index in [4.69, 9.17) is 5.73 Å². The maximum atomic E-state index is 12.1. The molecular formula is C15H20ClN5O2. The number of carbonyl (C=O) groups excluding carboxylic acids is 2. The largest absolute Gasteiger partial charge is 0.364 e. The van der Waals surface area contributed by atoms with Gasteiger partial charge in [0.1, 0.15) is 5.69 Å². The molecule has 0 fully saturated rings. The lowest BCUT2D eigenvalue weighted by molar-refractivity contribution is 0.0947. The zero-order valence-electron chi connectivity index (χ0n) is 12.8. The molecule has 7 nitrogen and oxygen atoms in total. The van der Waals surface area contributed by atoms with Gasteiger partial charge in [-0.05, 0) is 32.1 Å². The maximum absolute atomic E-state index is 12.1. The first-order valence-corrected chi connectivity index (χ1v) is 7.01. The van der Waals surface area contributed by atoms with Crippen LogP contribution in [0.3, 0.4) is 0 Å². The van der Waals surface area contributed by atoms with Crippen LogP contribution in [0.25, 0.3) is 5.69 Å². The Morgan fingerprint density at radius 3 is 2.52 bits per heavy atom. The standard InChI is InChI=1S/C15H19N5O2.ClH/c1-17-8-5-9-18-15(22)12-10-13(14(16)21)20(19-12)11-6-3-2-4-7-11;/h2-4,6-7,10,17H,5,8-9H2,1H3,(H2,16,21)(H,18,22);1H. The summed E-state index contributed by atoms with van der Waals surface area (Å²) in [6.07, 6.45) is 0.810. The van der Waals surface area contributed by atoms with Gasteiger partial charge in [0, 0.05) is 12.6 Å². The molecule has 0 radical (unpaired) electrons. The summed E-state index contributed by atoms with van der Waals surface area (Å²) in [5, 5.41) is 9.95. The molecule has 2 rings (SSSR count). The van der Waals surface area contributed by atoms with E-state index in [9.17, 15) is 9.59 Å². The molecule has 0 saturated carbocycles. The minimum Gasteiger partial charge on any atom is -0.364 e. The fourth-order valence-electron chi connectivity index (χ4n) is 1.99. The van der Waals surface area contributed by atoms with Gasteiger partial charge in [0.25, 0.3) is 11.8 Å². The van der Waals surface area contributed by atoms with Crippen LogP contribution in [-0.4, -0.2) is 41.7 Å². The number of primary amides is 1. The first-order chi connectivity index (χ1) is 10.6. The lowest BCUT2D eigenvalue weighted by Gasteiger charge is -2.04. The molecule has 4 N–H and O–H groups in total. The summed E-state index contributed by atoms with van der Waals surface area (Å²) in [4.78, 5) is 23.6. The van der Waals surface area contributed by atoms with Crippen LogP contribution in [0, 0.1) is 0 Å². The Bertz CT molecular complexity index is 657. The molecule has 8 heteroatoms. The third-order valence-corrected chi connectivity index (χ3v) is 3.08. The van der Waals surface area contributed by atoms with E-state index in [-0.39, 0.29) is 29.7 Å². The highest BCUT2D eigenvalue weighted by atomic mass is 35.5. The SMILES string of the molecule is CNCCCNC(=O)c1cc(C(N)=O)n(-c2ccccc2)n1.Cl. The Morgan fingerprint density at radius 1 is 1.22 bits per heavy atom. The number of hydrogen-bond acceptors (Lipinski definition) is 4. The first-order valence-electron chi connectivity index (χ1n) is 7.01. The quantitative estimate of drug-likeness (QED) is 0.648. The van der Waals surface area contributed by atoms with E-state index in [1.807, 2.05) is 25.2 Å². The number of nitrogens with two attached hydrogens (primary N) is 1. The molecular weight excluding hydrogens is 318 g/mol. The van der Waals surface area contributed by atoms with Crippen LogP contribution in [0.5, 0.6) is 0 Å². The Kier molecular flexibility index (Phi) is 7.24. The van der Waals surface area contributed by atoms with Gasteiger partial charge in [-0.2, -0.15) is 5.10 Å². The molecule has 0 unspecified atom stereocenters. The fraction of sp³-hybridized carbons (Fsp3) is 0.267. The molecule has 0 aliphatic carbocycles. The number of rotatable bonds is 7. The number of hydrogen-bond donors (Lipinski definition) is 3. The monoisotopic (exact) mass is 337 g/mol. The zero-order valence-corrected chi connectivity index (χ0v) is 13.6. The van der Waals surface area contributed by atoms with Crippen molar-refractivity contribution >= 4 is 24.2 Å². The molecule has 0 aliphatic rings. The number of nitrogens with one attached hydrogen (secondary N) is 2. The average Bonchev–Trinajstić information content (AvgIpc) is 2.98. The minimum absolute atomic E-state index is 0. The number of aromatic nitrogens is 2. The van der Waals surface area contributed by atoms with Crippen molar-refractivity contribution in [3.63, 3.8) is 0 Å². The smallest absolute Gasteiger partial charge is 0.271 e. The fourth-order valence-corrected chi connectivity index (χ4v) is 1.99. The molecule has 2 amide bonds. The summed E-state index contributed by atoms with van der Waals surface area (Å²) in [6, 6.07) is 10.5. The first kappa shape index (κ1) is 18.7. The van der Waals surface area contributed by atoms with Gasteiger partial charge in [0.05, 0.1) is 5.69 Å². The highest BCUT2D eigenvalue weighted by Crippen LogP contribution is 2.12. The second-order valence-corrected chi connectivity index (χ2v) is 4.74. The third-order valence-electron chi connectivity index (χ3n) is 3.08. The van der Waals surface area contributed by atoms with Crippen molar-refractivity contribution in [1.29, 1.82) is 0 Å². The van der Waals surface area contributed by atoms with Crippen molar-refractivity contribution in [3.8, 4) is 5.69 Å². The van der Waals surface area contributed by atoms with Gasteiger partial charge < -0.3 is 16.4 Å². The van der Waals surface area contributed by atoms with Gasteiger partial charge in [-0.1, -0.05) is 18.2 Å². The molecule has 1 aromatic heterocycles. The van der Waals surface area contributed by atoms with Gasteiger partial charge in [0.2, 0.25) is 0 Å². The van der Waals surface area contributed by atoms with Crippen LogP contribution in [0.4, 0.5) is 0 Å². The van der Waals surface area contributed by atoms with E-state index in [2.05, 4.69) is 15.7 Å². The number of carbonyl (C=O) groups is 2. The molecule has 0 atom stereocenters. The lowest BCUT2D eigenvalue weighted by atomic mass is 10.3. The molecule has 0 aliphatic heterocycles. The second kappa shape index (κ2) is 8.92. The van der Waals surface area contributed by atoms with Crippen molar-refractivity contribution in [1.82, 2.24) is 20.4 Å². The summed E-state index contributed by atoms with van der Waals surface area (Å²) in [6.45, 7) is 1.34. The lowest BCUT2D eigenvalue weighted by Crippen LogP contribution is -2.27. The van der Waals surface area contributed by atoms with Crippen LogP contribution in [0.15, 0.2) is 36.4 Å². The minimum atomic E-state index is -0.634. The second-order valence-electron chi connectivity index (χ2n) is 4.74. The van der Waals surface area contributed by atoms with Crippen molar-refractivity contribution in [2.24, 2.45) is 5.73 Å². The molecule has 2 aromatic rings. The summed E-state index contributed by atoms with van der Waals surface area (Å²) in [5.74, 6) is -0.959. The van der Waals surface area contributed by atoms with Gasteiger partial charge in [0.15, 0.2) is 5.69 Å². The van der Waals surface area contributed by atoms with E-state index >= 15 is 0 Å². The maximum Gasteiger partial charge on any atom is 0.271 e. The predicted octanol–water partition coefficient (Wildman–Crippen LogP) is 0.732. The summed E-state index contributed by atoms with van der Waals surface area (Å²) in [5.41, 5.74) is 6.38. The zero-order chi connectivity index (χ0) is 15.9. The highest BCUT2D eigenvalue weighted by Gasteiger charge is 2.18. The molecule has 1 heterocycles. The van der Waals surface area contributed by atoms with Crippen LogP contribution in [0.2, 0.25) is 0 Å². The van der Waals surface area contributed by atoms with E-state index in [0.717, 1.165) is 13.0 Å². The summed E-state index contributed by atoms with van der Waals surface area (Å²) in [7, 11) is 1.85. The molecule has 1 aromatic carbocycles. The van der Waals surface area contributed by atoms with E-state index in [1.54, 1.807) is 12.1 Å². The number of benzene rings is 1. The Balaban J connectivity index is 0.00000264. The van der Waals surface area contributed by atoms with E-state index < -0.39 is 5.91 Å². The van der Waals surface area contributed by atoms with Gasteiger partial charge in [-0.3, -0.25) is 9.59 Å². The molecule has 0 saturated heterocycles. The van der Waals surface area contributed by atoms with Crippen molar-refractivity contribution in [2.75, 3.05) is 20.1 Å². The molecule has 0 spiro atoms. The van der Waals surface area contributed by atoms with E-state index in [0.29, 0.717) is 12.2 Å². The van der Waals surface area contributed by atoms with Crippen molar-refractivity contribution in [3.05, 3.63) is 47.8 Å². The van der Waals surface area contributed by atoms with Crippen LogP contribution < -0.4 is 16.4 Å². The molecule has 124 valence electrons. The number of amides is 2. The predicted molar refractivity (Wildman–Crippen MR) is 90.2 cm³/mol. The van der Waals surface area contributed by atoms with E-state index in [1.165, 1.54) is 10.7 Å². The van der Waals surface area contributed by atoms with Crippen molar-refractivity contribution in [2.45, 2.75) is 6.42 Å². The normalized spacial score (nSPS) is 9.96. The van der Waals surface area contributed by atoms with Crippen molar-refractivity contribution < 1.29 is 9.59 Å². The Labute approximate surface area is 140 Å². The summed E-state index contributed by atoms with van der Waals surface area (Å²) >= 11 is 0. The van der Waals surface area contributed by atoms with Crippen LogP contribution in [0.1, 0.15) is 27.4 Å². The van der Waals surface area contributed by atoms with Crippen LogP contribution >= 0.6 is 12.4 Å². The number of nitrogens with zero attached hydrogens (tertiary/aromatic N) is 2. The molecule has 23 heavy (non-hydrogen) atoms. The Hall–Kier alpha value is -2.38. The average molecular weight is 338 g/mol. The molecule has 0 bridgehead atoms. The third kappa shape index (κ3) is 4.80. The van der Waals surface area contributed by atoms with Crippen LogP contribution in [-0.2, 0) is 0 Å². The van der Waals surface area contributed by atoms with Gasteiger partial charge in [-0.15, -0.1) is 12.4 Å².